The molecule has 6 heteroatoms. The van der Waals surface area contributed by atoms with E-state index in [0.29, 0.717) is 17.0 Å². The van der Waals surface area contributed by atoms with Gasteiger partial charge in [0.05, 0.1) is 11.8 Å². The monoisotopic (exact) mass is 308 g/mol. The lowest BCUT2D eigenvalue weighted by molar-refractivity contribution is 0.102. The smallest absolute Gasteiger partial charge is 0.259 e. The Morgan fingerprint density at radius 2 is 1.96 bits per heavy atom. The normalized spacial score (nSPS) is 10.3. The second kappa shape index (κ2) is 6.31. The van der Waals surface area contributed by atoms with Crippen molar-refractivity contribution in [2.75, 3.05) is 5.32 Å². The molecule has 0 aliphatic rings. The topological polar surface area (TPSA) is 79.9 Å². The molecule has 0 bridgehead atoms. The van der Waals surface area contributed by atoms with Crippen LogP contribution in [0.4, 0.5) is 5.69 Å². The van der Waals surface area contributed by atoms with Gasteiger partial charge in [-0.3, -0.25) is 14.9 Å². The van der Waals surface area contributed by atoms with Gasteiger partial charge in [-0.2, -0.15) is 5.10 Å². The number of pyridine rings is 1. The number of hydrogen-bond acceptors (Lipinski definition) is 4. The molecule has 23 heavy (non-hydrogen) atoms. The molecule has 0 spiro atoms. The summed E-state index contributed by atoms with van der Waals surface area (Å²) >= 11 is 0. The maximum Gasteiger partial charge on any atom is 0.259 e. The van der Waals surface area contributed by atoms with Crippen molar-refractivity contribution in [1.82, 2.24) is 15.2 Å². The minimum atomic E-state index is -0.196. The number of anilines is 1. The molecule has 0 radical (unpaired) electrons. The van der Waals surface area contributed by atoms with Crippen LogP contribution < -0.4 is 10.1 Å². The molecule has 2 heterocycles. The van der Waals surface area contributed by atoms with Crippen LogP contribution in [0.15, 0.2) is 48.9 Å². The first-order chi connectivity index (χ1) is 11.1. The first-order valence-corrected chi connectivity index (χ1v) is 7.13. The van der Waals surface area contributed by atoms with Crippen molar-refractivity contribution < 1.29 is 9.53 Å². The van der Waals surface area contributed by atoms with E-state index in [2.05, 4.69) is 20.5 Å². The van der Waals surface area contributed by atoms with Gasteiger partial charge < -0.3 is 10.1 Å². The molecule has 0 aliphatic heterocycles. The summed E-state index contributed by atoms with van der Waals surface area (Å²) in [6, 6.07) is 9.07. The first kappa shape index (κ1) is 14.8. The molecule has 0 unspecified atom stereocenters. The first-order valence-electron chi connectivity index (χ1n) is 7.13. The second-order valence-corrected chi connectivity index (χ2v) is 5.13. The minimum absolute atomic E-state index is 0.196. The van der Waals surface area contributed by atoms with E-state index in [-0.39, 0.29) is 5.91 Å². The van der Waals surface area contributed by atoms with E-state index in [1.807, 2.05) is 19.1 Å². The molecule has 0 saturated carbocycles. The van der Waals surface area contributed by atoms with Crippen molar-refractivity contribution in [1.29, 1.82) is 0 Å². The van der Waals surface area contributed by atoms with Gasteiger partial charge in [-0.1, -0.05) is 0 Å². The Morgan fingerprint density at radius 3 is 2.61 bits per heavy atom. The van der Waals surface area contributed by atoms with Gasteiger partial charge in [0.1, 0.15) is 11.5 Å². The zero-order chi connectivity index (χ0) is 16.2. The zero-order valence-corrected chi connectivity index (χ0v) is 12.8. The number of benzene rings is 1. The van der Waals surface area contributed by atoms with Crippen LogP contribution in [0.2, 0.25) is 0 Å². The zero-order valence-electron chi connectivity index (χ0n) is 12.8. The Hall–Kier alpha value is -3.15. The van der Waals surface area contributed by atoms with Crippen LogP contribution >= 0.6 is 0 Å². The lowest BCUT2D eigenvalue weighted by Gasteiger charge is -2.11. The van der Waals surface area contributed by atoms with Crippen LogP contribution in [0.5, 0.6) is 11.5 Å². The van der Waals surface area contributed by atoms with Gasteiger partial charge in [0.2, 0.25) is 0 Å². The van der Waals surface area contributed by atoms with Crippen LogP contribution in [0.25, 0.3) is 0 Å². The molecule has 116 valence electrons. The summed E-state index contributed by atoms with van der Waals surface area (Å²) in [6.07, 6.45) is 4.86. The van der Waals surface area contributed by atoms with Gasteiger partial charge in [-0.25, -0.2) is 0 Å². The molecule has 3 aromatic rings. The van der Waals surface area contributed by atoms with Crippen LogP contribution in [0.1, 0.15) is 21.6 Å². The van der Waals surface area contributed by atoms with Gasteiger partial charge in [0, 0.05) is 23.8 Å². The number of ether oxygens (including phenoxy) is 1. The summed E-state index contributed by atoms with van der Waals surface area (Å²) in [5.41, 5.74) is 2.88. The Labute approximate surface area is 133 Å². The number of aromatic amines is 1. The van der Waals surface area contributed by atoms with Gasteiger partial charge in [0.25, 0.3) is 5.91 Å². The van der Waals surface area contributed by atoms with Gasteiger partial charge >= 0.3 is 0 Å². The Bertz CT molecular complexity index is 828. The molecule has 6 nitrogen and oxygen atoms in total. The van der Waals surface area contributed by atoms with E-state index >= 15 is 0 Å². The average molecular weight is 308 g/mol. The van der Waals surface area contributed by atoms with Crippen molar-refractivity contribution >= 4 is 11.6 Å². The highest BCUT2D eigenvalue weighted by molar-refractivity contribution is 6.04. The molecule has 3 rings (SSSR count). The third kappa shape index (κ3) is 3.37. The quantitative estimate of drug-likeness (QED) is 0.773. The lowest BCUT2D eigenvalue weighted by Crippen LogP contribution is -2.12. The average Bonchev–Trinajstić information content (AvgIpc) is 2.97. The minimum Gasteiger partial charge on any atom is -0.457 e. The number of nitrogens with one attached hydrogen (secondary N) is 2. The number of hydrogen-bond donors (Lipinski definition) is 2. The Balaban J connectivity index is 1.74. The van der Waals surface area contributed by atoms with Crippen LogP contribution in [0, 0.1) is 13.8 Å². The summed E-state index contributed by atoms with van der Waals surface area (Å²) in [4.78, 5) is 16.1. The number of nitrogens with zero attached hydrogens (tertiary/aromatic N) is 2. The highest BCUT2D eigenvalue weighted by atomic mass is 16.5. The van der Waals surface area contributed by atoms with Crippen molar-refractivity contribution in [2.24, 2.45) is 0 Å². The molecular weight excluding hydrogens is 292 g/mol. The molecule has 0 fully saturated rings. The summed E-state index contributed by atoms with van der Waals surface area (Å²) in [5.74, 6) is 1.25. The van der Waals surface area contributed by atoms with Crippen molar-refractivity contribution in [3.63, 3.8) is 0 Å². The highest BCUT2D eigenvalue weighted by Crippen LogP contribution is 2.27. The van der Waals surface area contributed by atoms with Crippen LogP contribution in [-0.2, 0) is 0 Å². The third-order valence-electron chi connectivity index (χ3n) is 3.38. The molecule has 0 aliphatic carbocycles. The van der Waals surface area contributed by atoms with Crippen LogP contribution in [-0.4, -0.2) is 21.1 Å². The molecule has 0 atom stereocenters. The molecular formula is C17H16N4O2. The molecule has 2 aromatic heterocycles. The maximum atomic E-state index is 12.2. The summed E-state index contributed by atoms with van der Waals surface area (Å²) in [5, 5.41) is 9.45. The fourth-order valence-electron chi connectivity index (χ4n) is 2.15. The summed E-state index contributed by atoms with van der Waals surface area (Å²) in [7, 11) is 0. The maximum absolute atomic E-state index is 12.2. The number of H-pyrrole nitrogens is 1. The molecule has 1 amide bonds. The standard InChI is InChI=1S/C17H16N4O2/c1-11-9-13(20-17(22)15-10-19-21-12(15)2)3-4-16(11)23-14-5-7-18-8-6-14/h3-10H,1-2H3,(H,19,21)(H,20,22). The lowest BCUT2D eigenvalue weighted by atomic mass is 10.2. The summed E-state index contributed by atoms with van der Waals surface area (Å²) < 4.78 is 5.79. The number of rotatable bonds is 4. The number of amides is 1. The van der Waals surface area contributed by atoms with E-state index in [1.54, 1.807) is 37.5 Å². The highest BCUT2D eigenvalue weighted by Gasteiger charge is 2.11. The van der Waals surface area contributed by atoms with Crippen molar-refractivity contribution in [3.8, 4) is 11.5 Å². The number of carbonyl (C=O) groups is 1. The van der Waals surface area contributed by atoms with E-state index in [4.69, 9.17) is 4.74 Å². The van der Waals surface area contributed by atoms with E-state index < -0.39 is 0 Å². The van der Waals surface area contributed by atoms with Gasteiger partial charge in [-0.05, 0) is 49.7 Å². The Kier molecular flexibility index (Phi) is 4.05. The third-order valence-corrected chi connectivity index (χ3v) is 3.38. The second-order valence-electron chi connectivity index (χ2n) is 5.13. The number of carbonyl (C=O) groups excluding carboxylic acids is 1. The van der Waals surface area contributed by atoms with E-state index in [9.17, 15) is 4.79 Å². The van der Waals surface area contributed by atoms with Crippen molar-refractivity contribution in [2.45, 2.75) is 13.8 Å². The number of aryl methyl sites for hydroxylation is 2. The molecule has 1 aromatic carbocycles. The van der Waals surface area contributed by atoms with E-state index in [0.717, 1.165) is 17.0 Å². The Morgan fingerprint density at radius 1 is 1.17 bits per heavy atom. The predicted octanol–water partition coefficient (Wildman–Crippen LogP) is 3.47. The van der Waals surface area contributed by atoms with E-state index in [1.165, 1.54) is 6.20 Å². The fraction of sp³-hybridized carbons (Fsp3) is 0.118. The van der Waals surface area contributed by atoms with Gasteiger partial charge in [0.15, 0.2) is 0 Å². The SMILES string of the molecule is Cc1cc(NC(=O)c2cn[nH]c2C)ccc1Oc1ccncc1. The molecule has 0 saturated heterocycles. The fourth-order valence-corrected chi connectivity index (χ4v) is 2.15. The molecule has 2 N–H and O–H groups in total. The largest absolute Gasteiger partial charge is 0.457 e. The predicted molar refractivity (Wildman–Crippen MR) is 86.8 cm³/mol. The van der Waals surface area contributed by atoms with Crippen molar-refractivity contribution in [3.05, 3.63) is 65.7 Å². The van der Waals surface area contributed by atoms with Gasteiger partial charge in [-0.15, -0.1) is 0 Å². The number of aromatic nitrogens is 3. The van der Waals surface area contributed by atoms with Crippen LogP contribution in [0.3, 0.4) is 0 Å². The summed E-state index contributed by atoms with van der Waals surface area (Å²) in [6.45, 7) is 3.73.